The Hall–Kier alpha value is -2.69. The maximum atomic E-state index is 11.8. The monoisotopic (exact) mass is 267 g/mol. The zero-order valence-electron chi connectivity index (χ0n) is 11.2. The van der Waals surface area contributed by atoms with Crippen LogP contribution in [0.2, 0.25) is 0 Å². The number of aliphatic imine (C=N–C) groups is 1. The summed E-state index contributed by atoms with van der Waals surface area (Å²) in [5.74, 6) is -0.102. The number of ether oxygens (including phenoxy) is 1. The van der Waals surface area contributed by atoms with Crippen LogP contribution in [0.5, 0.6) is 0 Å². The summed E-state index contributed by atoms with van der Waals surface area (Å²) < 4.78 is 6.86. The molecule has 20 heavy (non-hydrogen) atoms. The van der Waals surface area contributed by atoms with Gasteiger partial charge < -0.3 is 4.74 Å². The van der Waals surface area contributed by atoms with Crippen molar-refractivity contribution < 1.29 is 9.53 Å². The molecule has 0 aliphatic carbocycles. The molecule has 1 aromatic carbocycles. The van der Waals surface area contributed by atoms with Gasteiger partial charge in [0.05, 0.1) is 6.20 Å². The van der Waals surface area contributed by atoms with Crippen molar-refractivity contribution >= 4 is 17.9 Å². The number of nitrogens with zero attached hydrogens (tertiary/aromatic N) is 3. The molecule has 0 amide bonds. The van der Waals surface area contributed by atoms with Gasteiger partial charge in [-0.2, -0.15) is 5.10 Å². The van der Waals surface area contributed by atoms with Crippen molar-refractivity contribution in [1.82, 2.24) is 9.78 Å². The van der Waals surface area contributed by atoms with Gasteiger partial charge in [0.25, 0.3) is 0 Å². The fraction of sp³-hybridized carbons (Fsp3) is 0.133. The molecule has 3 rings (SSSR count). The Morgan fingerprint density at radius 2 is 2.00 bits per heavy atom. The lowest BCUT2D eigenvalue weighted by Gasteiger charge is -1.99. The Morgan fingerprint density at radius 3 is 2.65 bits per heavy atom. The zero-order valence-corrected chi connectivity index (χ0v) is 11.2. The zero-order chi connectivity index (χ0) is 14.1. The van der Waals surface area contributed by atoms with E-state index in [2.05, 4.69) is 10.1 Å². The van der Waals surface area contributed by atoms with Gasteiger partial charge in [0.2, 0.25) is 5.90 Å². The van der Waals surface area contributed by atoms with Crippen LogP contribution in [0.15, 0.2) is 47.3 Å². The number of hydrogen-bond acceptors (Lipinski definition) is 4. The minimum absolute atomic E-state index is 0.286. The molecule has 100 valence electrons. The number of cyclic esters (lactones) is 1. The van der Waals surface area contributed by atoms with Crippen molar-refractivity contribution in [2.45, 2.75) is 6.92 Å². The molecular formula is C15H13N3O2. The minimum Gasteiger partial charge on any atom is -0.402 e. The fourth-order valence-corrected chi connectivity index (χ4v) is 1.90. The fourth-order valence-electron chi connectivity index (χ4n) is 1.90. The number of carbonyl (C=O) groups excluding carboxylic acids is 1. The van der Waals surface area contributed by atoms with Crippen molar-refractivity contribution in [3.8, 4) is 0 Å². The van der Waals surface area contributed by atoms with E-state index in [4.69, 9.17) is 4.74 Å². The van der Waals surface area contributed by atoms with E-state index >= 15 is 0 Å². The largest absolute Gasteiger partial charge is 0.402 e. The molecule has 0 N–H and O–H groups in total. The van der Waals surface area contributed by atoms with Crippen LogP contribution in [0, 0.1) is 6.92 Å². The van der Waals surface area contributed by atoms with Crippen LogP contribution in [0.1, 0.15) is 16.7 Å². The van der Waals surface area contributed by atoms with E-state index in [1.165, 1.54) is 0 Å². The number of aryl methyl sites for hydroxylation is 2. The lowest BCUT2D eigenvalue weighted by Crippen LogP contribution is -2.05. The van der Waals surface area contributed by atoms with E-state index in [0.717, 1.165) is 16.7 Å². The Morgan fingerprint density at radius 1 is 1.25 bits per heavy atom. The van der Waals surface area contributed by atoms with Crippen molar-refractivity contribution in [1.29, 1.82) is 0 Å². The summed E-state index contributed by atoms with van der Waals surface area (Å²) in [4.78, 5) is 16.0. The van der Waals surface area contributed by atoms with E-state index in [1.54, 1.807) is 23.2 Å². The van der Waals surface area contributed by atoms with Crippen molar-refractivity contribution in [3.63, 3.8) is 0 Å². The van der Waals surface area contributed by atoms with E-state index < -0.39 is 5.97 Å². The summed E-state index contributed by atoms with van der Waals surface area (Å²) in [5, 5.41) is 4.04. The van der Waals surface area contributed by atoms with Gasteiger partial charge in [-0.05, 0) is 25.1 Å². The van der Waals surface area contributed by atoms with Crippen LogP contribution in [-0.2, 0) is 16.6 Å². The molecule has 2 heterocycles. The van der Waals surface area contributed by atoms with Crippen LogP contribution >= 0.6 is 0 Å². The number of carbonyl (C=O) groups is 1. The van der Waals surface area contributed by atoms with Crippen LogP contribution in [0.25, 0.3) is 6.08 Å². The lowest BCUT2D eigenvalue weighted by molar-refractivity contribution is -0.129. The van der Waals surface area contributed by atoms with Gasteiger partial charge in [-0.15, -0.1) is 0 Å². The van der Waals surface area contributed by atoms with Crippen LogP contribution in [0.4, 0.5) is 0 Å². The van der Waals surface area contributed by atoms with Gasteiger partial charge in [-0.25, -0.2) is 9.79 Å². The second-order valence-corrected chi connectivity index (χ2v) is 4.65. The highest BCUT2D eigenvalue weighted by Crippen LogP contribution is 2.19. The highest BCUT2D eigenvalue weighted by Gasteiger charge is 2.24. The quantitative estimate of drug-likeness (QED) is 0.618. The number of hydrogen-bond donors (Lipinski definition) is 0. The molecule has 5 heteroatoms. The van der Waals surface area contributed by atoms with E-state index in [-0.39, 0.29) is 5.70 Å². The smallest absolute Gasteiger partial charge is 0.363 e. The lowest BCUT2D eigenvalue weighted by atomic mass is 10.1. The predicted molar refractivity (Wildman–Crippen MR) is 75.0 cm³/mol. The van der Waals surface area contributed by atoms with Crippen LogP contribution < -0.4 is 0 Å². The van der Waals surface area contributed by atoms with Gasteiger partial charge in [0.1, 0.15) is 0 Å². The van der Waals surface area contributed by atoms with E-state index in [9.17, 15) is 4.79 Å². The first-order chi connectivity index (χ1) is 9.61. The highest BCUT2D eigenvalue weighted by atomic mass is 16.6. The summed E-state index contributed by atoms with van der Waals surface area (Å²) >= 11 is 0. The van der Waals surface area contributed by atoms with Crippen molar-refractivity contribution in [2.24, 2.45) is 12.0 Å². The number of esters is 1. The van der Waals surface area contributed by atoms with Crippen molar-refractivity contribution in [3.05, 3.63) is 59.0 Å². The summed E-state index contributed by atoms with van der Waals surface area (Å²) in [6.07, 6.45) is 5.13. The molecule has 1 aliphatic heterocycles. The molecule has 5 nitrogen and oxygen atoms in total. The first-order valence-corrected chi connectivity index (χ1v) is 6.20. The Labute approximate surface area is 116 Å². The molecule has 0 spiro atoms. The number of benzene rings is 1. The first kappa shape index (κ1) is 12.3. The van der Waals surface area contributed by atoms with Gasteiger partial charge in [0, 0.05) is 24.4 Å². The summed E-state index contributed by atoms with van der Waals surface area (Å²) in [7, 11) is 1.82. The second kappa shape index (κ2) is 4.77. The Bertz CT molecular complexity index is 724. The highest BCUT2D eigenvalue weighted by molar-refractivity contribution is 6.12. The van der Waals surface area contributed by atoms with Gasteiger partial charge >= 0.3 is 5.97 Å². The summed E-state index contributed by atoms with van der Waals surface area (Å²) in [5.41, 5.74) is 3.03. The van der Waals surface area contributed by atoms with E-state index in [0.29, 0.717) is 5.90 Å². The average Bonchev–Trinajstić information content (AvgIpc) is 2.98. The third-order valence-electron chi connectivity index (χ3n) is 2.95. The maximum absolute atomic E-state index is 11.8. The molecule has 0 fully saturated rings. The number of aromatic nitrogens is 2. The molecule has 0 atom stereocenters. The molecule has 0 saturated carbocycles. The molecule has 2 aromatic rings. The van der Waals surface area contributed by atoms with Gasteiger partial charge in [-0.1, -0.05) is 17.7 Å². The maximum Gasteiger partial charge on any atom is 0.363 e. The average molecular weight is 267 g/mol. The SMILES string of the molecule is Cc1ccc(C2=N/C(=C\c3cnn(C)c3)C(=O)O2)cc1. The minimum atomic E-state index is -0.440. The third-order valence-corrected chi connectivity index (χ3v) is 2.95. The topological polar surface area (TPSA) is 56.5 Å². The van der Waals surface area contributed by atoms with Gasteiger partial charge in [-0.3, -0.25) is 4.68 Å². The van der Waals surface area contributed by atoms with Gasteiger partial charge in [0.15, 0.2) is 5.70 Å². The molecule has 1 aromatic heterocycles. The molecule has 0 unspecified atom stereocenters. The number of rotatable bonds is 2. The van der Waals surface area contributed by atoms with E-state index in [1.807, 2.05) is 38.2 Å². The van der Waals surface area contributed by atoms with Crippen LogP contribution in [-0.4, -0.2) is 21.6 Å². The first-order valence-electron chi connectivity index (χ1n) is 6.20. The third kappa shape index (κ3) is 2.38. The standard InChI is InChI=1S/C15H13N3O2/c1-10-3-5-12(6-4-10)14-17-13(15(19)20-14)7-11-8-16-18(2)9-11/h3-9H,1-2H3/b13-7-. The Kier molecular flexibility index (Phi) is 2.95. The summed E-state index contributed by atoms with van der Waals surface area (Å²) in [6.45, 7) is 2.00. The molecule has 1 aliphatic rings. The second-order valence-electron chi connectivity index (χ2n) is 4.65. The van der Waals surface area contributed by atoms with Crippen LogP contribution in [0.3, 0.4) is 0 Å². The predicted octanol–water partition coefficient (Wildman–Crippen LogP) is 2.07. The van der Waals surface area contributed by atoms with Crippen molar-refractivity contribution in [2.75, 3.05) is 0 Å². The normalized spacial score (nSPS) is 16.4. The molecule has 0 radical (unpaired) electrons. The molecule has 0 bridgehead atoms. The summed E-state index contributed by atoms with van der Waals surface area (Å²) in [6, 6.07) is 7.67. The molecular weight excluding hydrogens is 254 g/mol. The Balaban J connectivity index is 1.92. The molecule has 0 saturated heterocycles.